The van der Waals surface area contributed by atoms with Crippen molar-refractivity contribution in [3.05, 3.63) is 73.8 Å². The maximum atomic E-state index is 10.7. The highest BCUT2D eigenvalue weighted by atomic mass is 16.6. The number of aromatic carboxylic acids is 1. The van der Waals surface area contributed by atoms with Gasteiger partial charge in [0.25, 0.3) is 11.4 Å². The van der Waals surface area contributed by atoms with Gasteiger partial charge in [0.2, 0.25) is 5.91 Å². The molecular weight excluding hydrogens is 338 g/mol. The van der Waals surface area contributed by atoms with Crippen LogP contribution in [0.4, 0.5) is 11.4 Å². The van der Waals surface area contributed by atoms with Gasteiger partial charge in [0, 0.05) is 12.1 Å². The quantitative estimate of drug-likeness (QED) is 0.549. The summed E-state index contributed by atoms with van der Waals surface area (Å²) in [4.78, 5) is 40.1. The number of nitro benzene ring substituents is 2. The molecule has 0 saturated heterocycles. The number of hydrogen-bond acceptors (Lipinski definition) is 7. The number of primary amides is 1. The molecule has 0 aliphatic carbocycles. The number of phenolic OH excluding ortho intramolecular Hbond substituents is 1. The summed E-state index contributed by atoms with van der Waals surface area (Å²) >= 11 is 0. The highest BCUT2D eigenvalue weighted by molar-refractivity contribution is 5.94. The Morgan fingerprint density at radius 3 is 1.76 bits per heavy atom. The molecule has 0 fully saturated rings. The van der Waals surface area contributed by atoms with E-state index in [9.17, 15) is 29.8 Å². The summed E-state index contributed by atoms with van der Waals surface area (Å²) in [7, 11) is 0. The van der Waals surface area contributed by atoms with Crippen LogP contribution in [0.2, 0.25) is 0 Å². The summed E-state index contributed by atoms with van der Waals surface area (Å²) in [6.45, 7) is 0. The van der Waals surface area contributed by atoms with E-state index in [1.54, 1.807) is 0 Å². The molecule has 1 amide bonds. The second kappa shape index (κ2) is 8.01. The Balaban J connectivity index is 0.000000271. The highest BCUT2D eigenvalue weighted by Gasteiger charge is 2.18. The average Bonchev–Trinajstić information content (AvgIpc) is 2.54. The van der Waals surface area contributed by atoms with Crippen molar-refractivity contribution in [1.29, 1.82) is 0 Å². The first-order chi connectivity index (χ1) is 11.6. The minimum absolute atomic E-state index is 0.0279. The van der Waals surface area contributed by atoms with Crippen LogP contribution in [0, 0.1) is 20.2 Å². The molecule has 0 bridgehead atoms. The number of carboxylic acid groups (broad SMARTS) is 1. The number of benzene rings is 2. The molecule has 0 spiro atoms. The summed E-state index contributed by atoms with van der Waals surface area (Å²) in [6.07, 6.45) is 0. The van der Waals surface area contributed by atoms with E-state index < -0.39 is 33.1 Å². The van der Waals surface area contributed by atoms with E-state index >= 15 is 0 Å². The van der Waals surface area contributed by atoms with Crippen LogP contribution < -0.4 is 5.73 Å². The lowest BCUT2D eigenvalue weighted by molar-refractivity contribution is -0.394. The smallest absolute Gasteiger partial charge is 0.335 e. The van der Waals surface area contributed by atoms with Crippen molar-refractivity contribution >= 4 is 23.3 Å². The molecule has 2 aromatic rings. The van der Waals surface area contributed by atoms with E-state index in [4.69, 9.17) is 15.9 Å². The van der Waals surface area contributed by atoms with Crippen LogP contribution in [0.25, 0.3) is 0 Å². The minimum atomic E-state index is -1.03. The van der Waals surface area contributed by atoms with Crippen molar-refractivity contribution < 1.29 is 29.6 Å². The molecule has 11 nitrogen and oxygen atoms in total. The Kier molecular flexibility index (Phi) is 6.09. The molecule has 0 radical (unpaired) electrons. The molecule has 0 aliphatic rings. The molecule has 0 unspecified atom stereocenters. The molecule has 11 heteroatoms. The molecule has 25 heavy (non-hydrogen) atoms. The zero-order valence-electron chi connectivity index (χ0n) is 12.4. The van der Waals surface area contributed by atoms with Crippen LogP contribution in [-0.2, 0) is 0 Å². The van der Waals surface area contributed by atoms with Crippen molar-refractivity contribution in [2.75, 3.05) is 0 Å². The zero-order valence-corrected chi connectivity index (χ0v) is 12.4. The molecule has 0 saturated carbocycles. The number of carbonyl (C=O) groups excluding carboxylic acids is 1. The maximum Gasteiger partial charge on any atom is 0.335 e. The van der Waals surface area contributed by atoms with E-state index in [0.717, 1.165) is 18.2 Å². The van der Waals surface area contributed by atoms with E-state index in [2.05, 4.69) is 0 Å². The average molecular weight is 349 g/mol. The van der Waals surface area contributed by atoms with Crippen LogP contribution in [0.5, 0.6) is 5.75 Å². The van der Waals surface area contributed by atoms with Gasteiger partial charge in [-0.25, -0.2) is 4.79 Å². The summed E-state index contributed by atoms with van der Waals surface area (Å²) in [5.41, 5.74) is 3.61. The molecule has 0 atom stereocenters. The summed E-state index contributed by atoms with van der Waals surface area (Å²) in [6, 6.07) is 8.05. The lowest BCUT2D eigenvalue weighted by Gasteiger charge is -1.96. The molecule has 0 aliphatic heterocycles. The first kappa shape index (κ1) is 19.0. The molecule has 2 rings (SSSR count). The molecule has 4 N–H and O–H groups in total. The molecule has 2 aromatic carbocycles. The number of amides is 1. The number of hydrogen-bond donors (Lipinski definition) is 3. The second-order valence-corrected chi connectivity index (χ2v) is 4.47. The van der Waals surface area contributed by atoms with Gasteiger partial charge in [-0.05, 0) is 18.2 Å². The van der Waals surface area contributed by atoms with Crippen molar-refractivity contribution in [2.45, 2.75) is 0 Å². The number of nitrogens with zero attached hydrogens (tertiary/aromatic N) is 2. The van der Waals surface area contributed by atoms with Gasteiger partial charge in [0.05, 0.1) is 27.0 Å². The van der Waals surface area contributed by atoms with Crippen LogP contribution in [-0.4, -0.2) is 31.9 Å². The first-order valence-corrected chi connectivity index (χ1v) is 6.38. The topological polar surface area (TPSA) is 187 Å². The number of carboxylic acids is 1. The van der Waals surface area contributed by atoms with E-state index in [0.29, 0.717) is 0 Å². The molecule has 0 heterocycles. The van der Waals surface area contributed by atoms with Gasteiger partial charge in [-0.15, -0.1) is 0 Å². The highest BCUT2D eigenvalue weighted by Crippen LogP contribution is 2.22. The number of nitro groups is 2. The SMILES string of the molecule is NC(=O)c1cc([N+](=O)[O-])cc([N+](=O)[O-])c1.O=C(O)c1cccc(O)c1. The summed E-state index contributed by atoms with van der Waals surface area (Å²) in [5.74, 6) is -2.02. The first-order valence-electron chi connectivity index (χ1n) is 6.38. The Bertz CT molecular complexity index is 771. The lowest BCUT2D eigenvalue weighted by Crippen LogP contribution is -2.11. The molecular formula is C14H11N3O8. The number of aromatic hydroxyl groups is 1. The van der Waals surface area contributed by atoms with Gasteiger partial charge < -0.3 is 15.9 Å². The van der Waals surface area contributed by atoms with Gasteiger partial charge in [0.1, 0.15) is 5.75 Å². The second-order valence-electron chi connectivity index (χ2n) is 4.47. The fourth-order valence-electron chi connectivity index (χ4n) is 1.59. The Labute approximate surface area is 139 Å². The van der Waals surface area contributed by atoms with Crippen LogP contribution in [0.3, 0.4) is 0 Å². The Morgan fingerprint density at radius 2 is 1.44 bits per heavy atom. The van der Waals surface area contributed by atoms with Gasteiger partial charge >= 0.3 is 5.97 Å². The van der Waals surface area contributed by atoms with Crippen molar-refractivity contribution in [3.8, 4) is 5.75 Å². The summed E-state index contributed by atoms with van der Waals surface area (Å²) in [5, 5.41) is 38.0. The van der Waals surface area contributed by atoms with Gasteiger partial charge in [-0.1, -0.05) is 6.07 Å². The number of rotatable bonds is 4. The summed E-state index contributed by atoms with van der Waals surface area (Å²) < 4.78 is 0. The van der Waals surface area contributed by atoms with E-state index in [1.165, 1.54) is 24.3 Å². The fraction of sp³-hybridized carbons (Fsp3) is 0. The minimum Gasteiger partial charge on any atom is -0.508 e. The van der Waals surface area contributed by atoms with Crippen LogP contribution >= 0.6 is 0 Å². The number of phenols is 1. The lowest BCUT2D eigenvalue weighted by atomic mass is 10.1. The zero-order chi connectivity index (χ0) is 19.1. The van der Waals surface area contributed by atoms with E-state index in [1.807, 2.05) is 0 Å². The third-order valence-corrected chi connectivity index (χ3v) is 2.70. The largest absolute Gasteiger partial charge is 0.508 e. The molecule has 130 valence electrons. The van der Waals surface area contributed by atoms with Crippen molar-refractivity contribution in [3.63, 3.8) is 0 Å². The number of nitrogens with two attached hydrogens (primary N) is 1. The predicted molar refractivity (Wildman–Crippen MR) is 83.3 cm³/mol. The third kappa shape index (κ3) is 5.59. The third-order valence-electron chi connectivity index (χ3n) is 2.70. The van der Waals surface area contributed by atoms with Crippen molar-refractivity contribution in [1.82, 2.24) is 0 Å². The normalized spacial score (nSPS) is 9.44. The van der Waals surface area contributed by atoms with Crippen molar-refractivity contribution in [2.24, 2.45) is 5.73 Å². The fourth-order valence-corrected chi connectivity index (χ4v) is 1.59. The van der Waals surface area contributed by atoms with Crippen LogP contribution in [0.1, 0.15) is 20.7 Å². The maximum absolute atomic E-state index is 10.7. The Hall–Kier alpha value is -4.02. The van der Waals surface area contributed by atoms with Gasteiger partial charge in [-0.3, -0.25) is 25.0 Å². The number of non-ortho nitro benzene ring substituents is 2. The standard InChI is InChI=1S/C7H5N3O5.C7H6O3/c8-7(11)4-1-5(9(12)13)3-6(2-4)10(14)15;8-6-3-1-2-5(4-6)7(9)10/h1-3H,(H2,8,11);1-4,8H,(H,9,10). The van der Waals surface area contributed by atoms with Gasteiger partial charge in [0.15, 0.2) is 0 Å². The van der Waals surface area contributed by atoms with E-state index in [-0.39, 0.29) is 16.9 Å². The van der Waals surface area contributed by atoms with Crippen LogP contribution in [0.15, 0.2) is 42.5 Å². The monoisotopic (exact) mass is 349 g/mol. The Morgan fingerprint density at radius 1 is 0.920 bits per heavy atom. The molecule has 0 aromatic heterocycles. The van der Waals surface area contributed by atoms with Gasteiger partial charge in [-0.2, -0.15) is 0 Å². The number of carbonyl (C=O) groups is 2. The predicted octanol–water partition coefficient (Wildman–Crippen LogP) is 1.69.